The van der Waals surface area contributed by atoms with E-state index in [9.17, 15) is 9.90 Å². The molecule has 7 heteroatoms. The average Bonchev–Trinajstić information content (AvgIpc) is 3.19. The minimum atomic E-state index is -0.414. The molecule has 0 radical (unpaired) electrons. The lowest BCUT2D eigenvalue weighted by Gasteiger charge is -2.00. The van der Waals surface area contributed by atoms with Crippen molar-refractivity contribution in [3.05, 3.63) is 52.1 Å². The molecule has 0 amide bonds. The van der Waals surface area contributed by atoms with Crippen molar-refractivity contribution in [1.82, 2.24) is 15.2 Å². The fraction of sp³-hybridized carbons (Fsp3) is 0. The van der Waals surface area contributed by atoms with Crippen molar-refractivity contribution in [3.63, 3.8) is 0 Å². The fourth-order valence-corrected chi connectivity index (χ4v) is 3.35. The lowest BCUT2D eigenvalue weighted by molar-refractivity contribution is 0.103. The van der Waals surface area contributed by atoms with E-state index in [1.807, 2.05) is 22.2 Å². The van der Waals surface area contributed by atoms with Gasteiger partial charge in [-0.2, -0.15) is 16.4 Å². The van der Waals surface area contributed by atoms with E-state index < -0.39 is 5.78 Å². The second-order valence-electron chi connectivity index (χ2n) is 3.90. The van der Waals surface area contributed by atoms with E-state index in [4.69, 9.17) is 0 Å². The van der Waals surface area contributed by atoms with Gasteiger partial charge in [-0.05, 0) is 28.3 Å². The van der Waals surface area contributed by atoms with Crippen LogP contribution in [-0.4, -0.2) is 26.1 Å². The number of aliphatic hydroxyl groups excluding tert-OH is 1. The van der Waals surface area contributed by atoms with E-state index >= 15 is 0 Å². The molecule has 0 aliphatic heterocycles. The number of carbonyl (C=O) groups excluding carboxylic acids is 1. The molecule has 0 aliphatic rings. The van der Waals surface area contributed by atoms with Gasteiger partial charge < -0.3 is 5.11 Å². The molecule has 5 nitrogen and oxygen atoms in total. The number of hydrogen-bond donors (Lipinski definition) is 2. The van der Waals surface area contributed by atoms with Gasteiger partial charge in [-0.3, -0.25) is 9.89 Å². The average molecular weight is 303 g/mol. The summed E-state index contributed by atoms with van der Waals surface area (Å²) in [5.41, 5.74) is 1.67. The van der Waals surface area contributed by atoms with E-state index in [0.29, 0.717) is 5.56 Å². The Kier molecular flexibility index (Phi) is 3.44. The van der Waals surface area contributed by atoms with Crippen LogP contribution in [-0.2, 0) is 0 Å². The third-order valence-corrected chi connectivity index (χ3v) is 4.29. The number of hydrogen-bond acceptors (Lipinski definition) is 6. The molecule has 3 aromatic heterocycles. The van der Waals surface area contributed by atoms with Crippen LogP contribution in [0.15, 0.2) is 40.7 Å². The second kappa shape index (κ2) is 5.40. The first kappa shape index (κ1) is 12.8. The van der Waals surface area contributed by atoms with Crippen molar-refractivity contribution in [3.8, 4) is 10.4 Å². The Hall–Kier alpha value is -2.25. The maximum absolute atomic E-state index is 11.8. The summed E-state index contributed by atoms with van der Waals surface area (Å²) in [7, 11) is 0. The molecule has 2 N–H and O–H groups in total. The minimum absolute atomic E-state index is 0.0751. The highest BCUT2D eigenvalue weighted by atomic mass is 32.1. The standard InChI is InChI=1S/C13H9N3O2S2/c17-10(5-11(18)13-14-7-15-16-13)9-2-4-20-12(9)8-1-3-19-6-8/h1-7,17H,(H,14,15,16). The summed E-state index contributed by atoms with van der Waals surface area (Å²) < 4.78 is 0. The van der Waals surface area contributed by atoms with Gasteiger partial charge in [0.1, 0.15) is 12.1 Å². The zero-order valence-corrected chi connectivity index (χ0v) is 11.7. The molecular formula is C13H9N3O2S2. The predicted molar refractivity (Wildman–Crippen MR) is 79.0 cm³/mol. The highest BCUT2D eigenvalue weighted by Gasteiger charge is 2.14. The summed E-state index contributed by atoms with van der Waals surface area (Å²) in [6, 6.07) is 3.77. The first-order valence-corrected chi connectivity index (χ1v) is 7.49. The summed E-state index contributed by atoms with van der Waals surface area (Å²) in [5, 5.41) is 22.1. The van der Waals surface area contributed by atoms with Crippen LogP contribution in [0.25, 0.3) is 16.2 Å². The lowest BCUT2D eigenvalue weighted by atomic mass is 10.1. The van der Waals surface area contributed by atoms with Gasteiger partial charge in [0.25, 0.3) is 0 Å². The van der Waals surface area contributed by atoms with Crippen molar-refractivity contribution in [1.29, 1.82) is 0 Å². The second-order valence-corrected chi connectivity index (χ2v) is 5.60. The van der Waals surface area contributed by atoms with E-state index in [0.717, 1.165) is 16.5 Å². The SMILES string of the molecule is O=C(C=C(O)c1ccsc1-c1ccsc1)c1ncn[nH]1. The smallest absolute Gasteiger partial charge is 0.226 e. The molecule has 0 fully saturated rings. The molecule has 0 bridgehead atoms. The molecule has 100 valence electrons. The lowest BCUT2D eigenvalue weighted by Crippen LogP contribution is -1.99. The molecule has 0 unspecified atom stereocenters. The Bertz CT molecular complexity index is 743. The molecule has 0 atom stereocenters. The number of aromatic nitrogens is 3. The van der Waals surface area contributed by atoms with Crippen LogP contribution in [0.5, 0.6) is 0 Å². The van der Waals surface area contributed by atoms with Crippen LogP contribution in [0.4, 0.5) is 0 Å². The Labute approximate surface area is 122 Å². The van der Waals surface area contributed by atoms with Gasteiger partial charge >= 0.3 is 0 Å². The predicted octanol–water partition coefficient (Wildman–Crippen LogP) is 3.38. The number of aliphatic hydroxyl groups is 1. The fourth-order valence-electron chi connectivity index (χ4n) is 1.72. The van der Waals surface area contributed by atoms with E-state index in [1.54, 1.807) is 17.4 Å². The number of nitrogens with one attached hydrogen (secondary N) is 1. The number of nitrogens with zero attached hydrogens (tertiary/aromatic N) is 2. The highest BCUT2D eigenvalue weighted by Crippen LogP contribution is 2.34. The number of aromatic amines is 1. The molecule has 3 rings (SSSR count). The molecule has 20 heavy (non-hydrogen) atoms. The maximum Gasteiger partial charge on any atom is 0.226 e. The third kappa shape index (κ3) is 2.40. The van der Waals surface area contributed by atoms with Gasteiger partial charge in [0.15, 0.2) is 5.82 Å². The highest BCUT2D eigenvalue weighted by molar-refractivity contribution is 7.14. The van der Waals surface area contributed by atoms with Gasteiger partial charge in [0.05, 0.1) is 0 Å². The first-order chi connectivity index (χ1) is 9.75. The van der Waals surface area contributed by atoms with Crippen LogP contribution >= 0.6 is 22.7 Å². The van der Waals surface area contributed by atoms with Crippen molar-refractivity contribution >= 4 is 34.2 Å². The Morgan fingerprint density at radius 1 is 1.35 bits per heavy atom. The van der Waals surface area contributed by atoms with Crippen LogP contribution < -0.4 is 0 Å². The van der Waals surface area contributed by atoms with Gasteiger partial charge in [-0.1, -0.05) is 0 Å². The topological polar surface area (TPSA) is 78.9 Å². The first-order valence-electron chi connectivity index (χ1n) is 5.66. The van der Waals surface area contributed by atoms with E-state index in [1.165, 1.54) is 17.7 Å². The molecule has 3 heterocycles. The molecule has 3 aromatic rings. The Balaban J connectivity index is 1.94. The van der Waals surface area contributed by atoms with Crippen molar-refractivity contribution in [2.24, 2.45) is 0 Å². The normalized spacial score (nSPS) is 11.7. The maximum atomic E-state index is 11.8. The number of allylic oxidation sites excluding steroid dienone is 1. The monoisotopic (exact) mass is 303 g/mol. The summed E-state index contributed by atoms with van der Waals surface area (Å²) in [4.78, 5) is 16.5. The van der Waals surface area contributed by atoms with Crippen LogP contribution in [0.1, 0.15) is 16.2 Å². The van der Waals surface area contributed by atoms with Crippen LogP contribution in [0.3, 0.4) is 0 Å². The Morgan fingerprint density at radius 2 is 2.25 bits per heavy atom. The third-order valence-electron chi connectivity index (χ3n) is 2.64. The molecular weight excluding hydrogens is 294 g/mol. The van der Waals surface area contributed by atoms with Crippen molar-refractivity contribution in [2.75, 3.05) is 0 Å². The quantitative estimate of drug-likeness (QED) is 0.440. The molecule has 0 saturated carbocycles. The van der Waals surface area contributed by atoms with Gasteiger partial charge in [-0.25, -0.2) is 4.98 Å². The summed E-state index contributed by atoms with van der Waals surface area (Å²) >= 11 is 3.10. The van der Waals surface area contributed by atoms with Gasteiger partial charge in [0.2, 0.25) is 5.78 Å². The summed E-state index contributed by atoms with van der Waals surface area (Å²) in [6.45, 7) is 0. The van der Waals surface area contributed by atoms with Crippen molar-refractivity contribution in [2.45, 2.75) is 0 Å². The van der Waals surface area contributed by atoms with Gasteiger partial charge in [-0.15, -0.1) is 11.3 Å². The molecule has 0 spiro atoms. The molecule has 0 aliphatic carbocycles. The van der Waals surface area contributed by atoms with E-state index in [-0.39, 0.29) is 11.6 Å². The Morgan fingerprint density at radius 3 is 2.95 bits per heavy atom. The van der Waals surface area contributed by atoms with Crippen molar-refractivity contribution < 1.29 is 9.90 Å². The largest absolute Gasteiger partial charge is 0.507 e. The number of thiophene rings is 2. The van der Waals surface area contributed by atoms with Gasteiger partial charge in [0, 0.05) is 22.1 Å². The van der Waals surface area contributed by atoms with Crippen LogP contribution in [0, 0.1) is 0 Å². The zero-order valence-electron chi connectivity index (χ0n) is 10.1. The number of H-pyrrole nitrogens is 1. The molecule has 0 aromatic carbocycles. The minimum Gasteiger partial charge on any atom is -0.507 e. The number of rotatable bonds is 4. The number of carbonyl (C=O) groups is 1. The number of ketones is 1. The van der Waals surface area contributed by atoms with Crippen LogP contribution in [0.2, 0.25) is 0 Å². The summed E-state index contributed by atoms with van der Waals surface area (Å²) in [5.74, 6) is -0.389. The zero-order chi connectivity index (χ0) is 13.9. The van der Waals surface area contributed by atoms with E-state index in [2.05, 4.69) is 15.2 Å². The molecule has 0 saturated heterocycles. The summed E-state index contributed by atoms with van der Waals surface area (Å²) in [6.07, 6.45) is 2.40.